The molecule has 0 amide bonds. The Bertz CT molecular complexity index is 890. The molecule has 0 bridgehead atoms. The molecule has 1 aromatic carbocycles. The molecule has 0 saturated heterocycles. The van der Waals surface area contributed by atoms with Crippen molar-refractivity contribution in [1.82, 2.24) is 4.98 Å². The summed E-state index contributed by atoms with van der Waals surface area (Å²) in [7, 11) is 0. The third-order valence-electron chi connectivity index (χ3n) is 2.92. The number of aromatic nitrogens is 1. The van der Waals surface area contributed by atoms with E-state index >= 15 is 0 Å². The fraction of sp³-hybridized carbons (Fsp3) is 0.250. The molecule has 22 heavy (non-hydrogen) atoms. The Morgan fingerprint density at radius 3 is 2.64 bits per heavy atom. The zero-order valence-corrected chi connectivity index (χ0v) is 14.8. The van der Waals surface area contributed by atoms with E-state index in [-0.39, 0.29) is 17.2 Å². The standard InChI is InChI=1S/C16H15BrFNO2S/c1-16(2,3)13(20)8-14-19-15(21)12(22-14)7-9-4-5-11(18)10(17)6-9/h4-8H,1-3H3,(H,19,21). The van der Waals surface area contributed by atoms with Gasteiger partial charge < -0.3 is 4.98 Å². The normalized spacial score (nSPS) is 13.7. The molecule has 116 valence electrons. The summed E-state index contributed by atoms with van der Waals surface area (Å²) in [4.78, 5) is 26.6. The molecule has 3 nitrogen and oxygen atoms in total. The fourth-order valence-electron chi connectivity index (χ4n) is 1.61. The van der Waals surface area contributed by atoms with Crippen LogP contribution in [0.25, 0.3) is 12.2 Å². The lowest BCUT2D eigenvalue weighted by Crippen LogP contribution is -2.22. The van der Waals surface area contributed by atoms with Gasteiger partial charge in [-0.15, -0.1) is 11.3 Å². The SMILES string of the molecule is CC(C)(C)C(=O)C=c1[nH]c(=O)c(=Cc2ccc(F)c(Br)c2)s1. The number of Topliss-reactive ketones (excluding diaryl/α,β-unsaturated/α-hetero) is 1. The average molecular weight is 384 g/mol. The molecule has 0 fully saturated rings. The fourth-order valence-corrected chi connectivity index (χ4v) is 2.90. The van der Waals surface area contributed by atoms with Crippen LogP contribution in [0.1, 0.15) is 26.3 Å². The lowest BCUT2D eigenvalue weighted by atomic mass is 9.91. The van der Waals surface area contributed by atoms with Gasteiger partial charge in [0.15, 0.2) is 5.78 Å². The Morgan fingerprint density at radius 1 is 1.36 bits per heavy atom. The van der Waals surface area contributed by atoms with E-state index < -0.39 is 5.41 Å². The number of H-pyrrole nitrogens is 1. The zero-order chi connectivity index (χ0) is 16.5. The Balaban J connectivity index is 2.48. The van der Waals surface area contributed by atoms with Crippen molar-refractivity contribution in [2.24, 2.45) is 5.41 Å². The molecular weight excluding hydrogens is 369 g/mol. The van der Waals surface area contributed by atoms with Crippen molar-refractivity contribution in [3.8, 4) is 0 Å². The highest BCUT2D eigenvalue weighted by molar-refractivity contribution is 9.10. The summed E-state index contributed by atoms with van der Waals surface area (Å²) >= 11 is 4.31. The number of aromatic amines is 1. The first-order chi connectivity index (χ1) is 10.2. The summed E-state index contributed by atoms with van der Waals surface area (Å²) in [5.74, 6) is -0.414. The number of hydrogen-bond donors (Lipinski definition) is 1. The van der Waals surface area contributed by atoms with Gasteiger partial charge in [-0.2, -0.15) is 0 Å². The Labute approximate surface area is 139 Å². The largest absolute Gasteiger partial charge is 0.313 e. The molecule has 0 unspecified atom stereocenters. The van der Waals surface area contributed by atoms with Crippen LogP contribution in [0.3, 0.4) is 0 Å². The van der Waals surface area contributed by atoms with Gasteiger partial charge in [0.25, 0.3) is 5.56 Å². The van der Waals surface area contributed by atoms with Crippen LogP contribution in [0.2, 0.25) is 0 Å². The molecule has 6 heteroatoms. The second kappa shape index (κ2) is 6.30. The Kier molecular flexibility index (Phi) is 4.82. The molecule has 0 saturated carbocycles. The second-order valence-electron chi connectivity index (χ2n) is 5.86. The van der Waals surface area contributed by atoms with Gasteiger partial charge in [0.1, 0.15) is 5.82 Å². The van der Waals surface area contributed by atoms with E-state index in [9.17, 15) is 14.0 Å². The number of carbonyl (C=O) groups is 1. The van der Waals surface area contributed by atoms with Crippen LogP contribution in [0.4, 0.5) is 4.39 Å². The number of benzene rings is 1. The van der Waals surface area contributed by atoms with Crippen LogP contribution in [0.15, 0.2) is 27.5 Å². The quantitative estimate of drug-likeness (QED) is 0.866. The number of rotatable bonds is 2. The minimum absolute atomic E-state index is 0.0546. The van der Waals surface area contributed by atoms with E-state index in [2.05, 4.69) is 20.9 Å². The van der Waals surface area contributed by atoms with E-state index in [1.54, 1.807) is 18.2 Å². The molecule has 1 aromatic heterocycles. The monoisotopic (exact) mass is 383 g/mol. The first-order valence-electron chi connectivity index (χ1n) is 6.59. The Morgan fingerprint density at radius 2 is 2.05 bits per heavy atom. The lowest BCUT2D eigenvalue weighted by molar-refractivity contribution is -0.119. The maximum Gasteiger partial charge on any atom is 0.266 e. The van der Waals surface area contributed by atoms with Crippen molar-refractivity contribution < 1.29 is 9.18 Å². The highest BCUT2D eigenvalue weighted by atomic mass is 79.9. The second-order valence-corrected chi connectivity index (χ2v) is 7.80. The van der Waals surface area contributed by atoms with Crippen LogP contribution >= 0.6 is 27.3 Å². The third-order valence-corrected chi connectivity index (χ3v) is 4.49. The molecule has 0 radical (unpaired) electrons. The molecule has 1 heterocycles. The van der Waals surface area contributed by atoms with Crippen molar-refractivity contribution in [1.29, 1.82) is 0 Å². The summed E-state index contributed by atoms with van der Waals surface area (Å²) in [5.41, 5.74) is -0.0558. The zero-order valence-electron chi connectivity index (χ0n) is 12.4. The number of hydrogen-bond acceptors (Lipinski definition) is 3. The van der Waals surface area contributed by atoms with Gasteiger partial charge in [-0.25, -0.2) is 4.39 Å². The van der Waals surface area contributed by atoms with Gasteiger partial charge in [0, 0.05) is 11.5 Å². The number of halogens is 2. The minimum Gasteiger partial charge on any atom is -0.313 e. The van der Waals surface area contributed by atoms with Gasteiger partial charge in [-0.05, 0) is 39.7 Å². The van der Waals surface area contributed by atoms with Gasteiger partial charge in [-0.1, -0.05) is 26.8 Å². The third kappa shape index (κ3) is 4.01. The summed E-state index contributed by atoms with van der Waals surface area (Å²) in [5, 5.41) is 0. The molecule has 1 N–H and O–H groups in total. The van der Waals surface area contributed by atoms with Crippen molar-refractivity contribution in [3.05, 3.63) is 53.6 Å². The van der Waals surface area contributed by atoms with Gasteiger partial charge in [0.05, 0.1) is 13.7 Å². The average Bonchev–Trinajstić information content (AvgIpc) is 2.73. The van der Waals surface area contributed by atoms with E-state index in [1.807, 2.05) is 20.8 Å². The number of ketones is 1. The molecule has 0 aliphatic carbocycles. The molecule has 2 rings (SSSR count). The molecular formula is C16H15BrFNO2S. The van der Waals surface area contributed by atoms with E-state index in [4.69, 9.17) is 0 Å². The first kappa shape index (κ1) is 16.8. The predicted molar refractivity (Wildman–Crippen MR) is 90.8 cm³/mol. The Hall–Kier alpha value is -1.53. The van der Waals surface area contributed by atoms with E-state index in [0.717, 1.165) is 0 Å². The molecule has 0 aliphatic rings. The number of carbonyl (C=O) groups excluding carboxylic acids is 1. The maximum absolute atomic E-state index is 13.2. The van der Waals surface area contributed by atoms with Crippen LogP contribution in [-0.4, -0.2) is 10.8 Å². The molecule has 0 aliphatic heterocycles. The maximum atomic E-state index is 13.2. The van der Waals surface area contributed by atoms with Crippen LogP contribution < -0.4 is 14.8 Å². The van der Waals surface area contributed by atoms with Crippen molar-refractivity contribution in [3.63, 3.8) is 0 Å². The van der Waals surface area contributed by atoms with E-state index in [1.165, 1.54) is 23.5 Å². The van der Waals surface area contributed by atoms with Crippen LogP contribution in [0.5, 0.6) is 0 Å². The predicted octanol–water partition coefficient (Wildman–Crippen LogP) is 2.56. The minimum atomic E-state index is -0.493. The highest BCUT2D eigenvalue weighted by Crippen LogP contribution is 2.17. The van der Waals surface area contributed by atoms with Crippen molar-refractivity contribution >= 4 is 45.2 Å². The first-order valence-corrected chi connectivity index (χ1v) is 8.20. The van der Waals surface area contributed by atoms with Gasteiger partial charge >= 0.3 is 0 Å². The van der Waals surface area contributed by atoms with Crippen LogP contribution in [0, 0.1) is 11.2 Å². The van der Waals surface area contributed by atoms with Gasteiger partial charge in [0.2, 0.25) is 0 Å². The topological polar surface area (TPSA) is 49.9 Å². The molecule has 2 aromatic rings. The van der Waals surface area contributed by atoms with Crippen molar-refractivity contribution in [2.45, 2.75) is 20.8 Å². The summed E-state index contributed by atoms with van der Waals surface area (Å²) in [6.45, 7) is 5.46. The highest BCUT2D eigenvalue weighted by Gasteiger charge is 2.18. The lowest BCUT2D eigenvalue weighted by Gasteiger charge is -2.12. The van der Waals surface area contributed by atoms with Gasteiger partial charge in [-0.3, -0.25) is 9.59 Å². The smallest absolute Gasteiger partial charge is 0.266 e. The van der Waals surface area contributed by atoms with Crippen molar-refractivity contribution in [2.75, 3.05) is 0 Å². The molecule has 0 atom stereocenters. The number of nitrogens with one attached hydrogen (secondary N) is 1. The molecule has 0 spiro atoms. The summed E-state index contributed by atoms with van der Waals surface area (Å²) in [6, 6.07) is 4.51. The summed E-state index contributed by atoms with van der Waals surface area (Å²) < 4.78 is 14.5. The van der Waals surface area contributed by atoms with Crippen LogP contribution in [-0.2, 0) is 4.79 Å². The number of thiazole rings is 1. The summed E-state index contributed by atoms with van der Waals surface area (Å²) in [6.07, 6.45) is 3.11. The van der Waals surface area contributed by atoms with E-state index in [0.29, 0.717) is 19.2 Å².